The third-order valence-corrected chi connectivity index (χ3v) is 3.86. The Balaban J connectivity index is 2.46. The van der Waals surface area contributed by atoms with Gasteiger partial charge in [-0.25, -0.2) is 0 Å². The van der Waals surface area contributed by atoms with Crippen LogP contribution in [-0.4, -0.2) is 21.6 Å². The Hall–Kier alpha value is -1.47. The van der Waals surface area contributed by atoms with Crippen LogP contribution in [-0.2, 0) is 9.59 Å². The first-order chi connectivity index (χ1) is 8.41. The maximum Gasteiger partial charge on any atom is 0.288 e. The number of hydrogen-bond donors (Lipinski definition) is 1. The van der Waals surface area contributed by atoms with Crippen molar-refractivity contribution >= 4 is 45.0 Å². The van der Waals surface area contributed by atoms with E-state index in [0.717, 1.165) is 0 Å². The molecule has 2 unspecified atom stereocenters. The van der Waals surface area contributed by atoms with Crippen molar-refractivity contribution in [3.05, 3.63) is 38.9 Å². The number of amides is 2. The topological polar surface area (TPSA) is 89.3 Å². The van der Waals surface area contributed by atoms with E-state index in [4.69, 9.17) is 11.6 Å². The molecule has 0 aromatic heterocycles. The molecule has 94 valence electrons. The molecule has 0 spiro atoms. The van der Waals surface area contributed by atoms with Crippen LogP contribution in [0.2, 0.25) is 5.02 Å². The number of nitrogens with zero attached hydrogens (tertiary/aromatic N) is 1. The Morgan fingerprint density at radius 2 is 2.00 bits per heavy atom. The Kier molecular flexibility index (Phi) is 3.36. The summed E-state index contributed by atoms with van der Waals surface area (Å²) in [6.07, 6.45) is 0. The van der Waals surface area contributed by atoms with E-state index in [1.165, 1.54) is 18.2 Å². The van der Waals surface area contributed by atoms with E-state index in [0.29, 0.717) is 5.56 Å². The van der Waals surface area contributed by atoms with Gasteiger partial charge in [-0.1, -0.05) is 33.6 Å². The number of hydrogen-bond acceptors (Lipinski definition) is 4. The second kappa shape index (κ2) is 4.66. The van der Waals surface area contributed by atoms with Gasteiger partial charge in [0.15, 0.2) is 0 Å². The van der Waals surface area contributed by atoms with Crippen LogP contribution in [0.1, 0.15) is 11.5 Å². The second-order valence-corrected chi connectivity index (χ2v) is 5.09. The molecule has 0 radical (unpaired) electrons. The number of carbonyl (C=O) groups is 2. The van der Waals surface area contributed by atoms with E-state index in [2.05, 4.69) is 21.2 Å². The molecule has 0 saturated carbocycles. The molecule has 1 aromatic rings. The predicted molar refractivity (Wildman–Crippen MR) is 66.7 cm³/mol. The van der Waals surface area contributed by atoms with Crippen molar-refractivity contribution in [2.24, 2.45) is 0 Å². The number of halogens is 2. The van der Waals surface area contributed by atoms with E-state index >= 15 is 0 Å². The number of nitro groups is 1. The third-order valence-electron chi connectivity index (χ3n) is 2.60. The zero-order valence-corrected chi connectivity index (χ0v) is 11.1. The van der Waals surface area contributed by atoms with E-state index in [9.17, 15) is 19.7 Å². The van der Waals surface area contributed by atoms with Gasteiger partial charge in [-0.3, -0.25) is 25.0 Å². The maximum absolute atomic E-state index is 11.6. The molecule has 1 aliphatic heterocycles. The Morgan fingerprint density at radius 1 is 1.33 bits per heavy atom. The summed E-state index contributed by atoms with van der Waals surface area (Å²) in [5.74, 6) is -1.73. The molecule has 8 heteroatoms. The summed E-state index contributed by atoms with van der Waals surface area (Å²) in [7, 11) is 0. The highest BCUT2D eigenvalue weighted by Crippen LogP contribution is 2.34. The van der Waals surface area contributed by atoms with Gasteiger partial charge >= 0.3 is 0 Å². The number of nitrogens with one attached hydrogen (secondary N) is 1. The molecule has 2 rings (SSSR count). The van der Waals surface area contributed by atoms with E-state index in [-0.39, 0.29) is 10.7 Å². The zero-order chi connectivity index (χ0) is 13.4. The summed E-state index contributed by atoms with van der Waals surface area (Å²) in [6.45, 7) is 0. The molecule has 1 fully saturated rings. The molecule has 1 saturated heterocycles. The fraction of sp³-hybridized carbons (Fsp3) is 0.200. The number of alkyl halides is 1. The summed E-state index contributed by atoms with van der Waals surface area (Å²) in [5.41, 5.74) is 0.0809. The molecule has 0 bridgehead atoms. The van der Waals surface area contributed by atoms with Crippen LogP contribution in [0.15, 0.2) is 18.2 Å². The second-order valence-electron chi connectivity index (χ2n) is 3.70. The first-order valence-corrected chi connectivity index (χ1v) is 6.14. The SMILES string of the molecule is O=C1NC(=O)C(c2ccc(Cl)c([N+](=O)[O-])c2)C1Br. The monoisotopic (exact) mass is 332 g/mol. The highest BCUT2D eigenvalue weighted by molar-refractivity contribution is 9.10. The molecule has 2 atom stereocenters. The summed E-state index contributed by atoms with van der Waals surface area (Å²) in [5, 5.41) is 12.9. The van der Waals surface area contributed by atoms with Gasteiger partial charge in [0, 0.05) is 6.07 Å². The van der Waals surface area contributed by atoms with Crippen molar-refractivity contribution in [3.8, 4) is 0 Å². The van der Waals surface area contributed by atoms with Gasteiger partial charge < -0.3 is 0 Å². The quantitative estimate of drug-likeness (QED) is 0.386. The standard InChI is InChI=1S/C10H6BrClN2O4/c11-8-7(9(15)13-10(8)16)4-1-2-5(12)6(3-4)14(17)18/h1-3,7-8H,(H,13,15,16). The van der Waals surface area contributed by atoms with Gasteiger partial charge in [0.1, 0.15) is 9.85 Å². The molecule has 1 N–H and O–H groups in total. The smallest absolute Gasteiger partial charge is 0.288 e. The van der Waals surface area contributed by atoms with Gasteiger partial charge in [-0.05, 0) is 11.6 Å². The van der Waals surface area contributed by atoms with Gasteiger partial charge in [0.05, 0.1) is 10.8 Å². The summed E-state index contributed by atoms with van der Waals surface area (Å²) in [6, 6.07) is 4.04. The average molecular weight is 334 g/mol. The summed E-state index contributed by atoms with van der Waals surface area (Å²) < 4.78 is 0. The van der Waals surface area contributed by atoms with E-state index in [1.54, 1.807) is 0 Å². The molecule has 18 heavy (non-hydrogen) atoms. The summed E-state index contributed by atoms with van der Waals surface area (Å²) in [4.78, 5) is 32.3. The Labute approximate surface area is 115 Å². The van der Waals surface area contributed by atoms with Crippen molar-refractivity contribution in [2.45, 2.75) is 10.7 Å². The van der Waals surface area contributed by atoms with Crippen LogP contribution in [0, 0.1) is 10.1 Å². The fourth-order valence-corrected chi connectivity index (χ4v) is 2.58. The average Bonchev–Trinajstić information content (AvgIpc) is 2.54. The minimum atomic E-state index is -0.784. The largest absolute Gasteiger partial charge is 0.295 e. The molecular formula is C10H6BrClN2O4. The predicted octanol–water partition coefficient (Wildman–Crippen LogP) is 1.75. The van der Waals surface area contributed by atoms with Crippen LogP contribution in [0.5, 0.6) is 0 Å². The minimum Gasteiger partial charge on any atom is -0.295 e. The molecule has 1 aromatic carbocycles. The lowest BCUT2D eigenvalue weighted by atomic mass is 9.97. The van der Waals surface area contributed by atoms with Crippen molar-refractivity contribution in [1.82, 2.24) is 5.32 Å². The van der Waals surface area contributed by atoms with Crippen molar-refractivity contribution in [1.29, 1.82) is 0 Å². The first kappa shape index (κ1) is 13.0. The number of benzene rings is 1. The van der Waals surface area contributed by atoms with Crippen LogP contribution < -0.4 is 5.32 Å². The first-order valence-electron chi connectivity index (χ1n) is 4.84. The molecular weight excluding hydrogens is 327 g/mol. The van der Waals surface area contributed by atoms with Crippen molar-refractivity contribution in [2.75, 3.05) is 0 Å². The van der Waals surface area contributed by atoms with E-state index < -0.39 is 27.5 Å². The van der Waals surface area contributed by atoms with E-state index in [1.807, 2.05) is 0 Å². The van der Waals surface area contributed by atoms with Gasteiger partial charge in [-0.2, -0.15) is 0 Å². The molecule has 0 aliphatic carbocycles. The van der Waals surface area contributed by atoms with Crippen LogP contribution in [0.4, 0.5) is 5.69 Å². The highest BCUT2D eigenvalue weighted by Gasteiger charge is 2.41. The third kappa shape index (κ3) is 2.11. The van der Waals surface area contributed by atoms with Gasteiger partial charge in [0.25, 0.3) is 5.69 Å². The number of nitro benzene ring substituents is 1. The lowest BCUT2D eigenvalue weighted by Crippen LogP contribution is -2.22. The fourth-order valence-electron chi connectivity index (χ4n) is 1.74. The van der Waals surface area contributed by atoms with Crippen LogP contribution in [0.3, 0.4) is 0 Å². The Morgan fingerprint density at radius 3 is 2.50 bits per heavy atom. The lowest BCUT2D eigenvalue weighted by Gasteiger charge is -2.10. The molecule has 1 heterocycles. The maximum atomic E-state index is 11.6. The van der Waals surface area contributed by atoms with Crippen LogP contribution >= 0.6 is 27.5 Å². The highest BCUT2D eigenvalue weighted by atomic mass is 79.9. The van der Waals surface area contributed by atoms with Gasteiger partial charge in [0.2, 0.25) is 11.8 Å². The minimum absolute atomic E-state index is 0.0143. The number of carbonyl (C=O) groups excluding carboxylic acids is 2. The number of rotatable bonds is 2. The molecule has 1 aliphatic rings. The summed E-state index contributed by atoms with van der Waals surface area (Å²) >= 11 is 8.77. The zero-order valence-electron chi connectivity index (χ0n) is 8.72. The molecule has 2 amide bonds. The molecule has 6 nitrogen and oxygen atoms in total. The van der Waals surface area contributed by atoms with Crippen LogP contribution in [0.25, 0.3) is 0 Å². The normalized spacial score (nSPS) is 23.0. The van der Waals surface area contributed by atoms with Gasteiger partial charge in [-0.15, -0.1) is 0 Å². The lowest BCUT2D eigenvalue weighted by molar-refractivity contribution is -0.384. The number of imide groups is 1. The Bertz CT molecular complexity index is 563. The van der Waals surface area contributed by atoms with Crippen molar-refractivity contribution in [3.63, 3.8) is 0 Å². The van der Waals surface area contributed by atoms with Crippen molar-refractivity contribution < 1.29 is 14.5 Å².